The van der Waals surface area contributed by atoms with Gasteiger partial charge in [-0.15, -0.1) is 0 Å². The topological polar surface area (TPSA) is 80.3 Å². The standard InChI is InChI=1S/C20H27N3O3S/c1-7-8-14-9-10-15(11-12(14)2)22-17(24)16-13(3)21-18(27-16)23-19(25)26-20(4,5)6/h9-11H,7-8H2,1-6H3,(H,22,24)(H,21,23,25). The number of hydrogen-bond acceptors (Lipinski definition) is 5. The second-order valence-corrected chi connectivity index (χ2v) is 8.40. The zero-order valence-corrected chi connectivity index (χ0v) is 17.5. The number of amides is 2. The molecule has 0 spiro atoms. The van der Waals surface area contributed by atoms with Crippen LogP contribution in [-0.2, 0) is 11.2 Å². The number of hydrogen-bond donors (Lipinski definition) is 2. The van der Waals surface area contributed by atoms with E-state index in [1.54, 1.807) is 27.7 Å². The Morgan fingerprint density at radius 3 is 2.48 bits per heavy atom. The largest absolute Gasteiger partial charge is 0.444 e. The maximum Gasteiger partial charge on any atom is 0.413 e. The van der Waals surface area contributed by atoms with Crippen LogP contribution in [0.15, 0.2) is 18.2 Å². The van der Waals surface area contributed by atoms with E-state index in [1.807, 2.05) is 25.1 Å². The van der Waals surface area contributed by atoms with Crippen molar-refractivity contribution in [1.29, 1.82) is 0 Å². The van der Waals surface area contributed by atoms with Gasteiger partial charge < -0.3 is 10.1 Å². The maximum absolute atomic E-state index is 12.6. The molecule has 146 valence electrons. The number of benzene rings is 1. The van der Waals surface area contributed by atoms with Gasteiger partial charge in [0.1, 0.15) is 10.5 Å². The number of aromatic nitrogens is 1. The number of nitrogens with zero attached hydrogens (tertiary/aromatic N) is 1. The third-order valence-electron chi connectivity index (χ3n) is 3.73. The van der Waals surface area contributed by atoms with E-state index in [4.69, 9.17) is 4.74 Å². The number of anilines is 2. The molecule has 0 aliphatic carbocycles. The minimum absolute atomic E-state index is 0.245. The highest BCUT2D eigenvalue weighted by molar-refractivity contribution is 7.17. The summed E-state index contributed by atoms with van der Waals surface area (Å²) in [5.41, 5.74) is 3.14. The summed E-state index contributed by atoms with van der Waals surface area (Å²) >= 11 is 1.12. The normalized spacial score (nSPS) is 11.2. The van der Waals surface area contributed by atoms with Gasteiger partial charge in [0.15, 0.2) is 5.13 Å². The summed E-state index contributed by atoms with van der Waals surface area (Å²) in [7, 11) is 0. The van der Waals surface area contributed by atoms with Crippen LogP contribution in [0.4, 0.5) is 15.6 Å². The first-order valence-corrected chi connectivity index (χ1v) is 9.79. The van der Waals surface area contributed by atoms with Gasteiger partial charge in [0.2, 0.25) is 0 Å². The fraction of sp³-hybridized carbons (Fsp3) is 0.450. The van der Waals surface area contributed by atoms with Crippen molar-refractivity contribution in [3.05, 3.63) is 39.9 Å². The van der Waals surface area contributed by atoms with Gasteiger partial charge in [-0.2, -0.15) is 0 Å². The molecular formula is C20H27N3O3S. The predicted molar refractivity (Wildman–Crippen MR) is 110 cm³/mol. The molecule has 0 atom stereocenters. The highest BCUT2D eigenvalue weighted by atomic mass is 32.1. The second-order valence-electron chi connectivity index (χ2n) is 7.41. The molecule has 0 aliphatic rings. The SMILES string of the molecule is CCCc1ccc(NC(=O)c2sc(NC(=O)OC(C)(C)C)nc2C)cc1C. The zero-order valence-electron chi connectivity index (χ0n) is 16.7. The Morgan fingerprint density at radius 2 is 1.89 bits per heavy atom. The molecule has 0 saturated carbocycles. The van der Waals surface area contributed by atoms with Crippen LogP contribution in [0.2, 0.25) is 0 Å². The first-order valence-electron chi connectivity index (χ1n) is 8.97. The molecule has 7 heteroatoms. The fourth-order valence-corrected chi connectivity index (χ4v) is 3.41. The van der Waals surface area contributed by atoms with Crippen LogP contribution < -0.4 is 10.6 Å². The van der Waals surface area contributed by atoms with Crippen LogP contribution >= 0.6 is 11.3 Å². The molecule has 0 aliphatic heterocycles. The van der Waals surface area contributed by atoms with Crippen LogP contribution in [0.5, 0.6) is 0 Å². The van der Waals surface area contributed by atoms with Gasteiger partial charge in [-0.25, -0.2) is 9.78 Å². The highest BCUT2D eigenvalue weighted by Crippen LogP contribution is 2.25. The first kappa shape index (κ1) is 20.9. The molecule has 1 aromatic carbocycles. The van der Waals surface area contributed by atoms with Gasteiger partial charge in [-0.1, -0.05) is 30.7 Å². The van der Waals surface area contributed by atoms with Crippen molar-refractivity contribution in [3.63, 3.8) is 0 Å². The molecule has 0 fully saturated rings. The summed E-state index contributed by atoms with van der Waals surface area (Å²) in [5.74, 6) is -0.245. The average molecular weight is 390 g/mol. The molecular weight excluding hydrogens is 362 g/mol. The molecule has 6 nitrogen and oxygen atoms in total. The lowest BCUT2D eigenvalue weighted by Crippen LogP contribution is -2.27. The Hall–Kier alpha value is -2.41. The van der Waals surface area contributed by atoms with Crippen molar-refractivity contribution in [3.8, 4) is 0 Å². The Balaban J connectivity index is 2.08. The quantitative estimate of drug-likeness (QED) is 0.726. The molecule has 0 unspecified atom stereocenters. The van der Waals surface area contributed by atoms with Gasteiger partial charge >= 0.3 is 6.09 Å². The minimum Gasteiger partial charge on any atom is -0.444 e. The van der Waals surface area contributed by atoms with Crippen molar-refractivity contribution in [2.75, 3.05) is 10.6 Å². The van der Waals surface area contributed by atoms with Gasteiger partial charge in [0, 0.05) is 5.69 Å². The van der Waals surface area contributed by atoms with Crippen LogP contribution in [-0.4, -0.2) is 22.6 Å². The molecule has 1 aromatic heterocycles. The van der Waals surface area contributed by atoms with Crippen molar-refractivity contribution >= 4 is 34.2 Å². The van der Waals surface area contributed by atoms with E-state index in [1.165, 1.54) is 5.56 Å². The van der Waals surface area contributed by atoms with Gasteiger partial charge in [-0.3, -0.25) is 10.1 Å². The van der Waals surface area contributed by atoms with E-state index >= 15 is 0 Å². The summed E-state index contributed by atoms with van der Waals surface area (Å²) in [6.45, 7) is 11.3. The van der Waals surface area contributed by atoms with E-state index in [-0.39, 0.29) is 5.91 Å². The number of carbonyl (C=O) groups excluding carboxylic acids is 2. The lowest BCUT2D eigenvalue weighted by Gasteiger charge is -2.18. The van der Waals surface area contributed by atoms with Crippen LogP contribution in [0, 0.1) is 13.8 Å². The molecule has 1 heterocycles. The van der Waals surface area contributed by atoms with Crippen molar-refractivity contribution < 1.29 is 14.3 Å². The number of nitrogens with one attached hydrogen (secondary N) is 2. The van der Waals surface area contributed by atoms with Crippen LogP contribution in [0.3, 0.4) is 0 Å². The number of ether oxygens (including phenoxy) is 1. The van der Waals surface area contributed by atoms with Crippen molar-refractivity contribution in [2.24, 2.45) is 0 Å². The lowest BCUT2D eigenvalue weighted by atomic mass is 10.0. The van der Waals surface area contributed by atoms with Crippen LogP contribution in [0.25, 0.3) is 0 Å². The lowest BCUT2D eigenvalue weighted by molar-refractivity contribution is 0.0635. The van der Waals surface area contributed by atoms with Crippen LogP contribution in [0.1, 0.15) is 60.6 Å². The van der Waals surface area contributed by atoms with E-state index in [9.17, 15) is 9.59 Å². The first-order chi connectivity index (χ1) is 12.6. The van der Waals surface area contributed by atoms with E-state index in [2.05, 4.69) is 22.5 Å². The molecule has 0 radical (unpaired) electrons. The minimum atomic E-state index is -0.599. The van der Waals surface area contributed by atoms with Gasteiger partial charge in [-0.05, 0) is 64.3 Å². The average Bonchev–Trinajstić information content (AvgIpc) is 2.88. The molecule has 2 N–H and O–H groups in total. The number of carbonyl (C=O) groups is 2. The molecule has 0 bridgehead atoms. The monoisotopic (exact) mass is 389 g/mol. The second kappa shape index (κ2) is 8.52. The predicted octanol–water partition coefficient (Wildman–Crippen LogP) is 5.31. The molecule has 2 aromatic rings. The van der Waals surface area contributed by atoms with E-state index in [0.717, 1.165) is 35.4 Å². The summed E-state index contributed by atoms with van der Waals surface area (Å²) in [6.07, 6.45) is 1.51. The van der Waals surface area contributed by atoms with Crippen molar-refractivity contribution in [1.82, 2.24) is 4.98 Å². The van der Waals surface area contributed by atoms with Gasteiger partial charge in [0.05, 0.1) is 5.69 Å². The Labute approximate surface area is 164 Å². The molecule has 2 amide bonds. The fourth-order valence-electron chi connectivity index (χ4n) is 2.56. The zero-order chi connectivity index (χ0) is 20.2. The molecule has 27 heavy (non-hydrogen) atoms. The molecule has 2 rings (SSSR count). The third-order valence-corrected chi connectivity index (χ3v) is 4.80. The van der Waals surface area contributed by atoms with Gasteiger partial charge in [0.25, 0.3) is 5.91 Å². The summed E-state index contributed by atoms with van der Waals surface area (Å²) < 4.78 is 5.21. The van der Waals surface area contributed by atoms with Crippen molar-refractivity contribution in [2.45, 2.75) is 60.0 Å². The smallest absolute Gasteiger partial charge is 0.413 e. The van der Waals surface area contributed by atoms with E-state index in [0.29, 0.717) is 15.7 Å². The number of thiazole rings is 1. The highest BCUT2D eigenvalue weighted by Gasteiger charge is 2.20. The third kappa shape index (κ3) is 6.06. The van der Waals surface area contributed by atoms with E-state index < -0.39 is 11.7 Å². The maximum atomic E-state index is 12.6. The Kier molecular flexibility index (Phi) is 6.59. The Morgan fingerprint density at radius 1 is 1.19 bits per heavy atom. The summed E-state index contributed by atoms with van der Waals surface area (Å²) in [4.78, 5) is 29.2. The molecule has 0 saturated heterocycles. The Bertz CT molecular complexity index is 837. The summed E-state index contributed by atoms with van der Waals surface area (Å²) in [5, 5.41) is 5.81. The number of rotatable bonds is 5. The number of aryl methyl sites for hydroxylation is 3. The summed E-state index contributed by atoms with van der Waals surface area (Å²) in [6, 6.07) is 5.93.